The molecule has 0 aliphatic rings. The highest BCUT2D eigenvalue weighted by Gasteiger charge is 2.03. The SMILES string of the molecule is CC(C)Nc1cc2ncc(N)cn2n1. The third kappa shape index (κ3) is 1.61. The van der Waals surface area contributed by atoms with Gasteiger partial charge in [-0.2, -0.15) is 0 Å². The molecule has 0 aliphatic heterocycles. The van der Waals surface area contributed by atoms with Crippen LogP contribution in [0.3, 0.4) is 0 Å². The third-order valence-electron chi connectivity index (χ3n) is 1.77. The Hall–Kier alpha value is -1.78. The Kier molecular flexibility index (Phi) is 1.99. The number of anilines is 2. The number of nitrogens with zero attached hydrogens (tertiary/aromatic N) is 3. The first kappa shape index (κ1) is 8.80. The van der Waals surface area contributed by atoms with Crippen molar-refractivity contribution in [2.45, 2.75) is 19.9 Å². The van der Waals surface area contributed by atoms with E-state index >= 15 is 0 Å². The summed E-state index contributed by atoms with van der Waals surface area (Å²) < 4.78 is 1.67. The molecular formula is C9H13N5. The highest BCUT2D eigenvalue weighted by Crippen LogP contribution is 2.10. The van der Waals surface area contributed by atoms with Gasteiger partial charge in [0, 0.05) is 12.1 Å². The second-order valence-corrected chi connectivity index (χ2v) is 3.52. The Labute approximate surface area is 81.9 Å². The lowest BCUT2D eigenvalue weighted by Gasteiger charge is -2.03. The van der Waals surface area contributed by atoms with E-state index in [1.165, 1.54) is 0 Å². The molecule has 0 aliphatic carbocycles. The van der Waals surface area contributed by atoms with Crippen molar-refractivity contribution in [3.8, 4) is 0 Å². The van der Waals surface area contributed by atoms with Crippen molar-refractivity contribution < 1.29 is 0 Å². The van der Waals surface area contributed by atoms with E-state index in [0.717, 1.165) is 11.5 Å². The van der Waals surface area contributed by atoms with Crippen LogP contribution >= 0.6 is 0 Å². The fourth-order valence-corrected chi connectivity index (χ4v) is 1.26. The van der Waals surface area contributed by atoms with Crippen LogP contribution in [-0.2, 0) is 0 Å². The molecule has 14 heavy (non-hydrogen) atoms. The van der Waals surface area contributed by atoms with Crippen molar-refractivity contribution >= 4 is 17.2 Å². The van der Waals surface area contributed by atoms with E-state index in [1.54, 1.807) is 16.9 Å². The zero-order chi connectivity index (χ0) is 10.1. The standard InChI is InChI=1S/C9H13N5/c1-6(2)12-8-3-9-11-4-7(10)5-14(9)13-8/h3-6H,10H2,1-2H3,(H,12,13). The molecule has 0 atom stereocenters. The quantitative estimate of drug-likeness (QED) is 0.746. The molecule has 74 valence electrons. The maximum atomic E-state index is 5.59. The monoisotopic (exact) mass is 191 g/mol. The summed E-state index contributed by atoms with van der Waals surface area (Å²) >= 11 is 0. The fourth-order valence-electron chi connectivity index (χ4n) is 1.26. The predicted molar refractivity (Wildman–Crippen MR) is 56.2 cm³/mol. The van der Waals surface area contributed by atoms with Crippen molar-refractivity contribution in [2.24, 2.45) is 0 Å². The van der Waals surface area contributed by atoms with Crippen LogP contribution in [0.15, 0.2) is 18.5 Å². The molecule has 0 bridgehead atoms. The van der Waals surface area contributed by atoms with Crippen LogP contribution in [0.2, 0.25) is 0 Å². The normalized spacial score (nSPS) is 11.1. The second-order valence-electron chi connectivity index (χ2n) is 3.52. The van der Waals surface area contributed by atoms with Gasteiger partial charge in [0.1, 0.15) is 0 Å². The van der Waals surface area contributed by atoms with Gasteiger partial charge in [0.2, 0.25) is 0 Å². The average Bonchev–Trinajstić information content (AvgIpc) is 2.44. The molecule has 2 aromatic heterocycles. The number of nitrogens with one attached hydrogen (secondary N) is 1. The minimum absolute atomic E-state index is 0.359. The Balaban J connectivity index is 2.41. The van der Waals surface area contributed by atoms with E-state index < -0.39 is 0 Å². The third-order valence-corrected chi connectivity index (χ3v) is 1.77. The first-order chi connectivity index (χ1) is 6.65. The maximum Gasteiger partial charge on any atom is 0.157 e. The van der Waals surface area contributed by atoms with E-state index in [-0.39, 0.29) is 0 Å². The van der Waals surface area contributed by atoms with Crippen molar-refractivity contribution in [1.29, 1.82) is 0 Å². The van der Waals surface area contributed by atoms with Crippen LogP contribution in [0.25, 0.3) is 5.65 Å². The van der Waals surface area contributed by atoms with Gasteiger partial charge >= 0.3 is 0 Å². The number of aromatic nitrogens is 3. The minimum Gasteiger partial charge on any atom is -0.396 e. The Morgan fingerprint density at radius 3 is 3.00 bits per heavy atom. The van der Waals surface area contributed by atoms with Crippen LogP contribution in [0.4, 0.5) is 11.5 Å². The van der Waals surface area contributed by atoms with E-state index in [4.69, 9.17) is 5.73 Å². The molecule has 0 spiro atoms. The van der Waals surface area contributed by atoms with Crippen molar-refractivity contribution in [3.63, 3.8) is 0 Å². The van der Waals surface area contributed by atoms with Gasteiger partial charge in [-0.25, -0.2) is 9.50 Å². The van der Waals surface area contributed by atoms with Crippen LogP contribution < -0.4 is 11.1 Å². The minimum atomic E-state index is 0.359. The number of hydrogen-bond acceptors (Lipinski definition) is 4. The number of nitrogen functional groups attached to an aromatic ring is 1. The lowest BCUT2D eigenvalue weighted by molar-refractivity contribution is 0.868. The topological polar surface area (TPSA) is 68.2 Å². The molecule has 0 radical (unpaired) electrons. The van der Waals surface area contributed by atoms with Crippen molar-refractivity contribution in [2.75, 3.05) is 11.1 Å². The molecule has 2 heterocycles. The first-order valence-corrected chi connectivity index (χ1v) is 4.52. The average molecular weight is 191 g/mol. The summed E-state index contributed by atoms with van der Waals surface area (Å²) in [6, 6.07) is 2.25. The predicted octanol–water partition coefficient (Wildman–Crippen LogP) is 1.13. The molecule has 2 rings (SSSR count). The van der Waals surface area contributed by atoms with Gasteiger partial charge in [-0.3, -0.25) is 0 Å². The van der Waals surface area contributed by atoms with Crippen LogP contribution in [0.5, 0.6) is 0 Å². The fraction of sp³-hybridized carbons (Fsp3) is 0.333. The molecule has 0 saturated heterocycles. The van der Waals surface area contributed by atoms with E-state index in [2.05, 4.69) is 29.2 Å². The Morgan fingerprint density at radius 1 is 1.50 bits per heavy atom. The summed E-state index contributed by atoms with van der Waals surface area (Å²) in [5.74, 6) is 0.818. The van der Waals surface area contributed by atoms with Gasteiger partial charge in [0.15, 0.2) is 11.5 Å². The Bertz CT molecular complexity index is 445. The molecule has 3 N–H and O–H groups in total. The van der Waals surface area contributed by atoms with E-state index in [1.807, 2.05) is 6.07 Å². The number of rotatable bonds is 2. The molecule has 5 nitrogen and oxygen atoms in total. The number of hydrogen-bond donors (Lipinski definition) is 2. The molecule has 2 aromatic rings. The first-order valence-electron chi connectivity index (χ1n) is 4.52. The smallest absolute Gasteiger partial charge is 0.157 e. The highest BCUT2D eigenvalue weighted by atomic mass is 15.3. The zero-order valence-electron chi connectivity index (χ0n) is 8.23. The molecule has 0 aromatic carbocycles. The van der Waals surface area contributed by atoms with Crippen molar-refractivity contribution in [1.82, 2.24) is 14.6 Å². The summed E-state index contributed by atoms with van der Waals surface area (Å²) in [6.07, 6.45) is 3.37. The van der Waals surface area contributed by atoms with Crippen LogP contribution in [0.1, 0.15) is 13.8 Å². The van der Waals surface area contributed by atoms with Crippen LogP contribution in [0, 0.1) is 0 Å². The highest BCUT2D eigenvalue weighted by molar-refractivity contribution is 5.52. The largest absolute Gasteiger partial charge is 0.396 e. The molecule has 0 fully saturated rings. The summed E-state index contributed by atoms with van der Waals surface area (Å²) in [5, 5.41) is 7.48. The molecular weight excluding hydrogens is 178 g/mol. The number of nitrogens with two attached hydrogens (primary N) is 1. The Morgan fingerprint density at radius 2 is 2.29 bits per heavy atom. The lowest BCUT2D eigenvalue weighted by Crippen LogP contribution is -2.09. The molecule has 0 saturated carbocycles. The summed E-state index contributed by atoms with van der Waals surface area (Å²) in [5.41, 5.74) is 6.99. The van der Waals surface area contributed by atoms with E-state index in [9.17, 15) is 0 Å². The van der Waals surface area contributed by atoms with Gasteiger partial charge in [-0.1, -0.05) is 0 Å². The van der Waals surface area contributed by atoms with Crippen LogP contribution in [-0.4, -0.2) is 20.6 Å². The maximum absolute atomic E-state index is 5.59. The van der Waals surface area contributed by atoms with Gasteiger partial charge in [0.25, 0.3) is 0 Å². The summed E-state index contributed by atoms with van der Waals surface area (Å²) in [4.78, 5) is 4.14. The summed E-state index contributed by atoms with van der Waals surface area (Å²) in [7, 11) is 0. The van der Waals surface area contributed by atoms with Gasteiger partial charge in [-0.05, 0) is 13.8 Å². The lowest BCUT2D eigenvalue weighted by atomic mass is 10.4. The molecule has 0 unspecified atom stereocenters. The molecule has 0 amide bonds. The van der Waals surface area contributed by atoms with E-state index in [0.29, 0.717) is 11.7 Å². The molecule has 5 heteroatoms. The van der Waals surface area contributed by atoms with Gasteiger partial charge in [-0.15, -0.1) is 5.10 Å². The summed E-state index contributed by atoms with van der Waals surface area (Å²) in [6.45, 7) is 4.12. The zero-order valence-corrected chi connectivity index (χ0v) is 8.23. The van der Waals surface area contributed by atoms with Gasteiger partial charge in [0.05, 0.1) is 18.1 Å². The number of fused-ring (bicyclic) bond motifs is 1. The van der Waals surface area contributed by atoms with Crippen molar-refractivity contribution in [3.05, 3.63) is 18.5 Å². The second kappa shape index (κ2) is 3.17. The van der Waals surface area contributed by atoms with Gasteiger partial charge < -0.3 is 11.1 Å².